The van der Waals surface area contributed by atoms with E-state index in [1.54, 1.807) is 6.92 Å². The Kier molecular flexibility index (Phi) is 4.26. The number of nitrogens with zero attached hydrogens (tertiary/aromatic N) is 2. The van der Waals surface area contributed by atoms with E-state index in [9.17, 15) is 8.42 Å². The number of rotatable bonds is 4. The minimum absolute atomic E-state index is 0.0935. The fraction of sp³-hybridized carbons (Fsp3) is 0.333. The molecule has 2 N–H and O–H groups in total. The van der Waals surface area contributed by atoms with Crippen LogP contribution in [-0.4, -0.2) is 24.9 Å². The fourth-order valence-electron chi connectivity index (χ4n) is 0.773. The van der Waals surface area contributed by atoms with Crippen molar-refractivity contribution >= 4 is 43.6 Å². The van der Waals surface area contributed by atoms with Crippen molar-refractivity contribution in [2.75, 3.05) is 11.3 Å². The summed E-state index contributed by atoms with van der Waals surface area (Å²) in [5, 5.41) is 0.138. The van der Waals surface area contributed by atoms with Gasteiger partial charge in [0.05, 0.1) is 4.47 Å². The standard InChI is InChI=1S/C6H8BrClN4O2S/c1-2-11-15(13,14)12-6-4(7)5(8)9-3-10-6/h3,11H,2H2,1H3,(H,9,10,12). The molecule has 0 unspecified atom stereocenters. The van der Waals surface area contributed by atoms with Gasteiger partial charge in [-0.3, -0.25) is 4.72 Å². The summed E-state index contributed by atoms with van der Waals surface area (Å²) in [6, 6.07) is 0. The maximum absolute atomic E-state index is 11.3. The second kappa shape index (κ2) is 5.06. The van der Waals surface area contributed by atoms with Gasteiger partial charge in [0.2, 0.25) is 0 Å². The molecule has 1 heterocycles. The summed E-state index contributed by atoms with van der Waals surface area (Å²) in [6.07, 6.45) is 1.16. The molecule has 0 aromatic carbocycles. The van der Waals surface area contributed by atoms with Crippen molar-refractivity contribution in [1.82, 2.24) is 14.7 Å². The summed E-state index contributed by atoms with van der Waals surface area (Å²) in [6.45, 7) is 1.95. The Morgan fingerprint density at radius 2 is 2.20 bits per heavy atom. The van der Waals surface area contributed by atoms with Gasteiger partial charge in [-0.1, -0.05) is 18.5 Å². The molecule has 1 aromatic rings. The molecule has 0 aliphatic rings. The van der Waals surface area contributed by atoms with Crippen molar-refractivity contribution in [2.24, 2.45) is 0 Å². The minimum Gasteiger partial charge on any atom is -0.254 e. The molecule has 84 valence electrons. The summed E-state index contributed by atoms with van der Waals surface area (Å²) in [4.78, 5) is 7.40. The third-order valence-corrected chi connectivity index (χ3v) is 3.71. The Morgan fingerprint density at radius 1 is 1.53 bits per heavy atom. The molecule has 9 heteroatoms. The van der Waals surface area contributed by atoms with Crippen LogP contribution in [0.4, 0.5) is 5.82 Å². The highest BCUT2D eigenvalue weighted by atomic mass is 79.9. The van der Waals surface area contributed by atoms with E-state index in [1.807, 2.05) is 0 Å². The maximum atomic E-state index is 11.3. The number of anilines is 1. The summed E-state index contributed by atoms with van der Waals surface area (Å²) in [5.41, 5.74) is 0. The van der Waals surface area contributed by atoms with Gasteiger partial charge in [-0.15, -0.1) is 0 Å². The molecular weight excluding hydrogens is 308 g/mol. The maximum Gasteiger partial charge on any atom is 0.300 e. The lowest BCUT2D eigenvalue weighted by Gasteiger charge is -2.08. The Morgan fingerprint density at radius 3 is 2.80 bits per heavy atom. The van der Waals surface area contributed by atoms with Crippen molar-refractivity contribution in [1.29, 1.82) is 0 Å². The van der Waals surface area contributed by atoms with Crippen LogP contribution >= 0.6 is 27.5 Å². The summed E-state index contributed by atoms with van der Waals surface area (Å²) in [5.74, 6) is 0.0935. The van der Waals surface area contributed by atoms with Gasteiger partial charge in [0, 0.05) is 6.54 Å². The Labute approximate surface area is 101 Å². The van der Waals surface area contributed by atoms with Crippen molar-refractivity contribution in [3.63, 3.8) is 0 Å². The van der Waals surface area contributed by atoms with Crippen molar-refractivity contribution in [3.05, 3.63) is 16.0 Å². The molecular formula is C6H8BrClN4O2S. The quantitative estimate of drug-likeness (QED) is 0.817. The zero-order valence-electron chi connectivity index (χ0n) is 7.66. The molecule has 6 nitrogen and oxygen atoms in total. The zero-order chi connectivity index (χ0) is 11.5. The van der Waals surface area contributed by atoms with E-state index in [0.717, 1.165) is 6.33 Å². The number of aromatic nitrogens is 2. The lowest BCUT2D eigenvalue weighted by molar-refractivity contribution is 0.589. The van der Waals surface area contributed by atoms with Crippen LogP contribution in [0.5, 0.6) is 0 Å². The van der Waals surface area contributed by atoms with Gasteiger partial charge in [0.15, 0.2) is 5.82 Å². The molecule has 1 rings (SSSR count). The van der Waals surface area contributed by atoms with E-state index in [1.165, 1.54) is 0 Å². The largest absolute Gasteiger partial charge is 0.300 e. The minimum atomic E-state index is -3.60. The molecule has 0 saturated carbocycles. The van der Waals surface area contributed by atoms with Gasteiger partial charge in [0.1, 0.15) is 11.5 Å². The van der Waals surface area contributed by atoms with E-state index >= 15 is 0 Å². The molecule has 1 aromatic heterocycles. The first-order valence-corrected chi connectivity index (χ1v) is 6.55. The normalized spacial score (nSPS) is 11.4. The average molecular weight is 316 g/mol. The van der Waals surface area contributed by atoms with Crippen LogP contribution in [0.2, 0.25) is 5.15 Å². The van der Waals surface area contributed by atoms with Crippen LogP contribution < -0.4 is 9.44 Å². The van der Waals surface area contributed by atoms with Crippen LogP contribution in [0.15, 0.2) is 10.8 Å². The lowest BCUT2D eigenvalue weighted by Crippen LogP contribution is -2.30. The molecule has 0 fully saturated rings. The van der Waals surface area contributed by atoms with Gasteiger partial charge in [0.25, 0.3) is 10.2 Å². The zero-order valence-corrected chi connectivity index (χ0v) is 10.8. The van der Waals surface area contributed by atoms with Gasteiger partial charge >= 0.3 is 0 Å². The van der Waals surface area contributed by atoms with E-state index in [2.05, 4.69) is 35.3 Å². The van der Waals surface area contributed by atoms with Gasteiger partial charge in [-0.05, 0) is 15.9 Å². The van der Waals surface area contributed by atoms with Crippen molar-refractivity contribution < 1.29 is 8.42 Å². The van der Waals surface area contributed by atoms with Crippen molar-refractivity contribution in [2.45, 2.75) is 6.92 Å². The lowest BCUT2D eigenvalue weighted by atomic mass is 10.6. The van der Waals surface area contributed by atoms with Crippen LogP contribution in [0.25, 0.3) is 0 Å². The van der Waals surface area contributed by atoms with Crippen molar-refractivity contribution in [3.8, 4) is 0 Å². The highest BCUT2D eigenvalue weighted by Crippen LogP contribution is 2.26. The molecule has 0 amide bonds. The molecule has 0 radical (unpaired) electrons. The number of nitrogens with one attached hydrogen (secondary N) is 2. The molecule has 0 saturated heterocycles. The SMILES string of the molecule is CCNS(=O)(=O)Nc1ncnc(Cl)c1Br. The van der Waals surface area contributed by atoms with Crippen LogP contribution in [0.1, 0.15) is 6.92 Å². The molecule has 0 atom stereocenters. The highest BCUT2D eigenvalue weighted by Gasteiger charge is 2.13. The first-order valence-electron chi connectivity index (χ1n) is 3.89. The smallest absolute Gasteiger partial charge is 0.254 e. The molecule has 0 spiro atoms. The van der Waals surface area contributed by atoms with E-state index in [-0.39, 0.29) is 17.5 Å². The Hall–Kier alpha value is -0.440. The van der Waals surface area contributed by atoms with Crippen LogP contribution in [-0.2, 0) is 10.2 Å². The summed E-state index contributed by atoms with van der Waals surface area (Å²) in [7, 11) is -3.60. The van der Waals surface area contributed by atoms with E-state index < -0.39 is 10.2 Å². The van der Waals surface area contributed by atoms with E-state index in [0.29, 0.717) is 4.47 Å². The second-order valence-corrected chi connectivity index (χ2v) is 5.08. The van der Waals surface area contributed by atoms with Crippen LogP contribution in [0, 0.1) is 0 Å². The Bertz CT molecular complexity index is 452. The summed E-state index contributed by atoms with van der Waals surface area (Å²) >= 11 is 8.74. The third-order valence-electron chi connectivity index (χ3n) is 1.31. The van der Waals surface area contributed by atoms with Gasteiger partial charge in [-0.25, -0.2) is 9.97 Å². The first kappa shape index (κ1) is 12.6. The fourth-order valence-corrected chi connectivity index (χ4v) is 2.20. The topological polar surface area (TPSA) is 84.0 Å². The van der Waals surface area contributed by atoms with E-state index in [4.69, 9.17) is 11.6 Å². The third kappa shape index (κ3) is 3.56. The molecule has 0 aliphatic heterocycles. The number of hydrogen-bond donors (Lipinski definition) is 2. The monoisotopic (exact) mass is 314 g/mol. The predicted molar refractivity (Wildman–Crippen MR) is 61.0 cm³/mol. The molecule has 0 bridgehead atoms. The number of hydrogen-bond acceptors (Lipinski definition) is 4. The average Bonchev–Trinajstić information content (AvgIpc) is 2.12. The molecule has 15 heavy (non-hydrogen) atoms. The summed E-state index contributed by atoms with van der Waals surface area (Å²) < 4.78 is 27.4. The number of halogens is 2. The van der Waals surface area contributed by atoms with Gasteiger partial charge in [-0.2, -0.15) is 13.1 Å². The second-order valence-electron chi connectivity index (χ2n) is 2.43. The highest BCUT2D eigenvalue weighted by molar-refractivity contribution is 9.10. The molecule has 0 aliphatic carbocycles. The Balaban J connectivity index is 2.95. The van der Waals surface area contributed by atoms with Crippen LogP contribution in [0.3, 0.4) is 0 Å². The predicted octanol–water partition coefficient (Wildman–Crippen LogP) is 1.16. The first-order chi connectivity index (χ1) is 6.96. The van der Waals surface area contributed by atoms with Gasteiger partial charge < -0.3 is 0 Å².